The first-order valence-corrected chi connectivity index (χ1v) is 4.48. The van der Waals surface area contributed by atoms with Gasteiger partial charge < -0.3 is 20.9 Å². The molecule has 1 amide bonds. The minimum absolute atomic E-state index is 0.155. The number of unbranched alkanes of at least 4 members (excludes halogenated alkanes) is 1. The minimum atomic E-state index is -1.17. The number of nitrogens with two attached hydrogens (primary N) is 1. The van der Waals surface area contributed by atoms with Crippen LogP contribution in [-0.4, -0.2) is 36.4 Å². The van der Waals surface area contributed by atoms with E-state index in [9.17, 15) is 9.59 Å². The van der Waals surface area contributed by atoms with Crippen molar-refractivity contribution >= 4 is 12.1 Å². The molecule has 0 aliphatic heterocycles. The first-order chi connectivity index (χ1) is 6.61. The molecule has 0 spiro atoms. The molecular weight excluding hydrogens is 188 g/mol. The molecular formula is C8H16N2O4. The van der Waals surface area contributed by atoms with Crippen LogP contribution in [0.3, 0.4) is 0 Å². The van der Waals surface area contributed by atoms with E-state index in [4.69, 9.17) is 15.6 Å². The van der Waals surface area contributed by atoms with Gasteiger partial charge >= 0.3 is 12.1 Å². The number of hydrogen-bond acceptors (Lipinski definition) is 4. The van der Waals surface area contributed by atoms with Crippen LogP contribution in [-0.2, 0) is 9.53 Å². The van der Waals surface area contributed by atoms with Crippen molar-refractivity contribution in [3.63, 3.8) is 0 Å². The van der Waals surface area contributed by atoms with Crippen molar-refractivity contribution in [3.8, 4) is 0 Å². The number of carbonyl (C=O) groups is 2. The molecule has 4 N–H and O–H groups in total. The van der Waals surface area contributed by atoms with Crippen molar-refractivity contribution < 1.29 is 19.4 Å². The monoisotopic (exact) mass is 204 g/mol. The Balaban J connectivity index is 3.74. The third-order valence-electron chi connectivity index (χ3n) is 1.56. The molecule has 0 saturated heterocycles. The molecule has 14 heavy (non-hydrogen) atoms. The summed E-state index contributed by atoms with van der Waals surface area (Å²) in [5.41, 5.74) is 5.13. The zero-order chi connectivity index (χ0) is 11.0. The van der Waals surface area contributed by atoms with Crippen molar-refractivity contribution in [2.45, 2.75) is 25.8 Å². The van der Waals surface area contributed by atoms with E-state index in [-0.39, 0.29) is 6.54 Å². The highest BCUT2D eigenvalue weighted by Gasteiger charge is 2.18. The predicted octanol–water partition coefficient (Wildman–Crippen LogP) is -0.0754. The Morgan fingerprint density at radius 3 is 2.64 bits per heavy atom. The maximum Gasteiger partial charge on any atom is 0.407 e. The van der Waals surface area contributed by atoms with Gasteiger partial charge in [0.05, 0.1) is 6.61 Å². The molecule has 6 nitrogen and oxygen atoms in total. The maximum atomic E-state index is 10.9. The molecule has 0 radical (unpaired) electrons. The number of carboxylic acids is 1. The fourth-order valence-corrected chi connectivity index (χ4v) is 0.715. The lowest BCUT2D eigenvalue weighted by Crippen LogP contribution is -2.46. The number of alkyl carbamates (subject to hydrolysis) is 1. The first-order valence-electron chi connectivity index (χ1n) is 4.48. The van der Waals surface area contributed by atoms with Gasteiger partial charge in [0.25, 0.3) is 0 Å². The highest BCUT2D eigenvalue weighted by molar-refractivity contribution is 5.80. The third-order valence-corrected chi connectivity index (χ3v) is 1.56. The lowest BCUT2D eigenvalue weighted by Gasteiger charge is -2.11. The number of rotatable bonds is 6. The Labute approximate surface area is 82.4 Å². The predicted molar refractivity (Wildman–Crippen MR) is 49.9 cm³/mol. The molecule has 0 bridgehead atoms. The number of ether oxygens (including phenoxy) is 1. The topological polar surface area (TPSA) is 102 Å². The molecule has 0 aromatic heterocycles. The Morgan fingerprint density at radius 1 is 1.57 bits per heavy atom. The lowest BCUT2D eigenvalue weighted by molar-refractivity contribution is -0.139. The largest absolute Gasteiger partial charge is 0.480 e. The van der Waals surface area contributed by atoms with E-state index in [0.29, 0.717) is 6.61 Å². The van der Waals surface area contributed by atoms with Crippen molar-refractivity contribution in [3.05, 3.63) is 0 Å². The quantitative estimate of drug-likeness (QED) is 0.525. The maximum absolute atomic E-state index is 10.9. The molecule has 0 aliphatic rings. The highest BCUT2D eigenvalue weighted by atomic mass is 16.5. The average molecular weight is 204 g/mol. The molecule has 0 aromatic rings. The normalized spacial score (nSPS) is 11.9. The Hall–Kier alpha value is -1.30. The van der Waals surface area contributed by atoms with Gasteiger partial charge in [-0.25, -0.2) is 9.59 Å². The van der Waals surface area contributed by atoms with Gasteiger partial charge in [0.2, 0.25) is 0 Å². The summed E-state index contributed by atoms with van der Waals surface area (Å²) in [5.74, 6) is -1.17. The number of aliphatic carboxylic acids is 1. The van der Waals surface area contributed by atoms with Crippen LogP contribution in [0.1, 0.15) is 19.8 Å². The van der Waals surface area contributed by atoms with Crippen molar-refractivity contribution in [1.82, 2.24) is 5.32 Å². The summed E-state index contributed by atoms with van der Waals surface area (Å²) in [6.07, 6.45) is 0.927. The second kappa shape index (κ2) is 7.14. The summed E-state index contributed by atoms with van der Waals surface area (Å²) >= 11 is 0. The van der Waals surface area contributed by atoms with Crippen LogP contribution < -0.4 is 11.1 Å². The van der Waals surface area contributed by atoms with E-state index in [0.717, 1.165) is 12.8 Å². The van der Waals surface area contributed by atoms with Gasteiger partial charge in [-0.15, -0.1) is 0 Å². The highest BCUT2D eigenvalue weighted by Crippen LogP contribution is 1.89. The van der Waals surface area contributed by atoms with Gasteiger partial charge in [0.15, 0.2) is 0 Å². The summed E-state index contributed by atoms with van der Waals surface area (Å²) in [4.78, 5) is 21.4. The van der Waals surface area contributed by atoms with Crippen LogP contribution in [0.4, 0.5) is 4.79 Å². The van der Waals surface area contributed by atoms with Gasteiger partial charge in [-0.3, -0.25) is 0 Å². The molecule has 0 heterocycles. The molecule has 1 unspecified atom stereocenters. The number of nitrogens with one attached hydrogen (secondary N) is 1. The van der Waals surface area contributed by atoms with E-state index < -0.39 is 18.1 Å². The smallest absolute Gasteiger partial charge is 0.407 e. The van der Waals surface area contributed by atoms with Crippen LogP contribution in [0.25, 0.3) is 0 Å². The summed E-state index contributed by atoms with van der Waals surface area (Å²) < 4.78 is 4.70. The second-order valence-corrected chi connectivity index (χ2v) is 2.76. The number of carboxylic acid groups (broad SMARTS) is 1. The number of carbonyl (C=O) groups excluding carboxylic acids is 1. The summed E-state index contributed by atoms with van der Waals surface area (Å²) in [6, 6.07) is -1.08. The first kappa shape index (κ1) is 12.7. The average Bonchev–Trinajstić information content (AvgIpc) is 2.14. The minimum Gasteiger partial charge on any atom is -0.480 e. The van der Waals surface area contributed by atoms with Crippen LogP contribution in [0, 0.1) is 0 Å². The molecule has 0 saturated carbocycles. The summed E-state index contributed by atoms with van der Waals surface area (Å²) in [5, 5.41) is 10.7. The standard InChI is InChI=1S/C8H16N2O4/c1-2-3-4-14-8(13)10-6(5-9)7(11)12/h6H,2-5,9H2,1H3,(H,10,13)(H,11,12). The molecule has 0 fully saturated rings. The van der Waals surface area contributed by atoms with Crippen molar-refractivity contribution in [2.24, 2.45) is 5.73 Å². The van der Waals surface area contributed by atoms with Gasteiger partial charge in [-0.2, -0.15) is 0 Å². The van der Waals surface area contributed by atoms with E-state index in [1.54, 1.807) is 0 Å². The molecule has 82 valence electrons. The van der Waals surface area contributed by atoms with Gasteiger partial charge in [0, 0.05) is 6.54 Å². The van der Waals surface area contributed by atoms with Crippen LogP contribution in [0.15, 0.2) is 0 Å². The van der Waals surface area contributed by atoms with Crippen LogP contribution in [0.5, 0.6) is 0 Å². The number of amides is 1. The molecule has 6 heteroatoms. The molecule has 0 aromatic carbocycles. The van der Waals surface area contributed by atoms with Gasteiger partial charge in [0.1, 0.15) is 6.04 Å². The van der Waals surface area contributed by atoms with E-state index in [1.807, 2.05) is 6.92 Å². The Bertz CT molecular complexity index is 196. The van der Waals surface area contributed by atoms with Crippen LogP contribution >= 0.6 is 0 Å². The van der Waals surface area contributed by atoms with E-state index in [1.165, 1.54) is 0 Å². The molecule has 0 aliphatic carbocycles. The summed E-state index contributed by atoms with van der Waals surface area (Å²) in [6.45, 7) is 2.10. The SMILES string of the molecule is CCCCOC(=O)NC(CN)C(=O)O. The second-order valence-electron chi connectivity index (χ2n) is 2.76. The zero-order valence-corrected chi connectivity index (χ0v) is 8.16. The fourth-order valence-electron chi connectivity index (χ4n) is 0.715. The van der Waals surface area contributed by atoms with E-state index >= 15 is 0 Å². The lowest BCUT2D eigenvalue weighted by atomic mass is 10.3. The van der Waals surface area contributed by atoms with Crippen molar-refractivity contribution in [1.29, 1.82) is 0 Å². The Kier molecular flexibility index (Phi) is 6.47. The zero-order valence-electron chi connectivity index (χ0n) is 8.16. The molecule has 1 atom stereocenters. The number of hydrogen-bond donors (Lipinski definition) is 3. The Morgan fingerprint density at radius 2 is 2.21 bits per heavy atom. The fraction of sp³-hybridized carbons (Fsp3) is 0.750. The van der Waals surface area contributed by atoms with Gasteiger partial charge in [-0.1, -0.05) is 13.3 Å². The van der Waals surface area contributed by atoms with Gasteiger partial charge in [-0.05, 0) is 6.42 Å². The van der Waals surface area contributed by atoms with E-state index in [2.05, 4.69) is 5.32 Å². The van der Waals surface area contributed by atoms with Crippen molar-refractivity contribution in [2.75, 3.05) is 13.2 Å². The third kappa shape index (κ3) is 5.36. The summed E-state index contributed by atoms with van der Waals surface area (Å²) in [7, 11) is 0. The van der Waals surface area contributed by atoms with Crippen LogP contribution in [0.2, 0.25) is 0 Å². The molecule has 0 rings (SSSR count).